The van der Waals surface area contributed by atoms with Crippen LogP contribution in [0.3, 0.4) is 0 Å². The average Bonchev–Trinajstić information content (AvgIpc) is 2.52. The second kappa shape index (κ2) is 8.58. The molecule has 0 bridgehead atoms. The molecule has 6 heteroatoms. The number of carbonyl (C=O) groups is 1. The minimum atomic E-state index is -0.135. The first-order valence-corrected chi connectivity index (χ1v) is 8.83. The van der Waals surface area contributed by atoms with E-state index in [0.29, 0.717) is 40.7 Å². The maximum Gasteiger partial charge on any atom is 0.251 e. The highest BCUT2D eigenvalue weighted by atomic mass is 35.5. The summed E-state index contributed by atoms with van der Waals surface area (Å²) in [5.41, 5.74) is 0.486. The van der Waals surface area contributed by atoms with Crippen molar-refractivity contribution in [2.24, 2.45) is 5.92 Å². The fourth-order valence-electron chi connectivity index (χ4n) is 2.77. The van der Waals surface area contributed by atoms with E-state index >= 15 is 0 Å². The number of piperidine rings is 1. The molecule has 24 heavy (non-hydrogen) atoms. The van der Waals surface area contributed by atoms with Crippen LogP contribution >= 0.6 is 11.6 Å². The van der Waals surface area contributed by atoms with Gasteiger partial charge in [0.15, 0.2) is 11.5 Å². The van der Waals surface area contributed by atoms with Crippen LogP contribution in [0.1, 0.15) is 44.0 Å². The van der Waals surface area contributed by atoms with E-state index in [1.807, 2.05) is 0 Å². The molecule has 1 aliphatic rings. The van der Waals surface area contributed by atoms with E-state index in [2.05, 4.69) is 31.4 Å². The second-order valence-electron chi connectivity index (χ2n) is 6.74. The van der Waals surface area contributed by atoms with E-state index in [1.54, 1.807) is 19.2 Å². The molecule has 0 spiro atoms. The molecule has 2 rings (SSSR count). The van der Waals surface area contributed by atoms with Crippen molar-refractivity contribution in [1.82, 2.24) is 10.6 Å². The molecule has 0 aromatic heterocycles. The minimum Gasteiger partial charge on any atom is -0.493 e. The summed E-state index contributed by atoms with van der Waals surface area (Å²) in [6.45, 7) is 7.69. The molecule has 2 unspecified atom stereocenters. The molecule has 1 saturated heterocycles. The zero-order valence-corrected chi connectivity index (χ0v) is 15.6. The summed E-state index contributed by atoms with van der Waals surface area (Å²) in [5, 5.41) is 6.84. The molecule has 134 valence electrons. The van der Waals surface area contributed by atoms with Crippen molar-refractivity contribution >= 4 is 17.5 Å². The lowest BCUT2D eigenvalue weighted by Gasteiger charge is -2.28. The fourth-order valence-corrected chi connectivity index (χ4v) is 3.04. The maximum atomic E-state index is 12.5. The van der Waals surface area contributed by atoms with Gasteiger partial charge in [-0.15, -0.1) is 0 Å². The molecule has 1 aromatic carbocycles. The number of benzene rings is 1. The normalized spacial score (nSPS) is 20.8. The first-order valence-electron chi connectivity index (χ1n) is 8.45. The van der Waals surface area contributed by atoms with Crippen LogP contribution in [0.15, 0.2) is 12.1 Å². The first-order chi connectivity index (χ1) is 11.4. The predicted octanol–water partition coefficient (Wildman–Crippen LogP) is 3.25. The number of carbonyl (C=O) groups excluding carboxylic acids is 1. The maximum absolute atomic E-state index is 12.5. The number of methoxy groups -OCH3 is 1. The number of amides is 1. The van der Waals surface area contributed by atoms with Crippen LogP contribution in [0, 0.1) is 5.92 Å². The topological polar surface area (TPSA) is 59.6 Å². The largest absolute Gasteiger partial charge is 0.493 e. The Balaban J connectivity index is 2.12. The van der Waals surface area contributed by atoms with Gasteiger partial charge in [-0.2, -0.15) is 0 Å². The number of ether oxygens (including phenoxy) is 2. The summed E-state index contributed by atoms with van der Waals surface area (Å²) >= 11 is 6.31. The Morgan fingerprint density at radius 2 is 2.21 bits per heavy atom. The van der Waals surface area contributed by atoms with Crippen LogP contribution < -0.4 is 20.1 Å². The third-order valence-electron chi connectivity index (χ3n) is 4.01. The smallest absolute Gasteiger partial charge is 0.251 e. The highest BCUT2D eigenvalue weighted by Gasteiger charge is 2.22. The van der Waals surface area contributed by atoms with Gasteiger partial charge in [-0.05, 0) is 44.4 Å². The molecule has 0 saturated carbocycles. The number of nitrogens with one attached hydrogen (secondary N) is 2. The van der Waals surface area contributed by atoms with E-state index in [1.165, 1.54) is 0 Å². The Morgan fingerprint density at radius 3 is 2.83 bits per heavy atom. The van der Waals surface area contributed by atoms with Crippen LogP contribution in [0.4, 0.5) is 0 Å². The van der Waals surface area contributed by atoms with Gasteiger partial charge in [-0.3, -0.25) is 4.79 Å². The summed E-state index contributed by atoms with van der Waals surface area (Å²) in [4.78, 5) is 12.5. The quantitative estimate of drug-likeness (QED) is 0.823. The van der Waals surface area contributed by atoms with Crippen molar-refractivity contribution in [2.75, 3.05) is 20.3 Å². The molecule has 2 N–H and O–H groups in total. The van der Waals surface area contributed by atoms with E-state index in [9.17, 15) is 4.79 Å². The zero-order chi connectivity index (χ0) is 17.7. The number of hydrogen-bond donors (Lipinski definition) is 2. The fraction of sp³-hybridized carbons (Fsp3) is 0.611. The number of halogens is 1. The van der Waals surface area contributed by atoms with E-state index < -0.39 is 0 Å². The molecule has 1 aliphatic heterocycles. The first kappa shape index (κ1) is 18.9. The summed E-state index contributed by atoms with van der Waals surface area (Å²) in [6, 6.07) is 3.91. The molecule has 1 heterocycles. The second-order valence-corrected chi connectivity index (χ2v) is 7.15. The summed E-state index contributed by atoms with van der Waals surface area (Å²) in [5.74, 6) is 1.20. The van der Waals surface area contributed by atoms with Gasteiger partial charge in [0, 0.05) is 17.6 Å². The van der Waals surface area contributed by atoms with Crippen LogP contribution in [-0.2, 0) is 0 Å². The van der Waals surface area contributed by atoms with Gasteiger partial charge in [-0.1, -0.05) is 25.4 Å². The van der Waals surface area contributed by atoms with Gasteiger partial charge in [0.1, 0.15) is 0 Å². The van der Waals surface area contributed by atoms with Crippen LogP contribution in [-0.4, -0.2) is 38.3 Å². The molecule has 0 radical (unpaired) electrons. The lowest BCUT2D eigenvalue weighted by Crippen LogP contribution is -2.46. The Hall–Kier alpha value is -1.46. The molecule has 1 aromatic rings. The SMILES string of the molecule is COc1cc(C(=O)NC2CCNC(C)C2)cc(Cl)c1OCC(C)C. The summed E-state index contributed by atoms with van der Waals surface area (Å²) in [7, 11) is 1.55. The van der Waals surface area contributed by atoms with Crippen molar-refractivity contribution in [3.8, 4) is 11.5 Å². The molecule has 1 fully saturated rings. The lowest BCUT2D eigenvalue weighted by atomic mass is 10.00. The van der Waals surface area contributed by atoms with Gasteiger partial charge >= 0.3 is 0 Å². The molecule has 1 amide bonds. The highest BCUT2D eigenvalue weighted by Crippen LogP contribution is 2.36. The lowest BCUT2D eigenvalue weighted by molar-refractivity contribution is 0.0925. The van der Waals surface area contributed by atoms with Crippen molar-refractivity contribution in [3.05, 3.63) is 22.7 Å². The van der Waals surface area contributed by atoms with Crippen LogP contribution in [0.25, 0.3) is 0 Å². The summed E-state index contributed by atoms with van der Waals surface area (Å²) < 4.78 is 11.1. The highest BCUT2D eigenvalue weighted by molar-refractivity contribution is 6.32. The molecule has 2 atom stereocenters. The summed E-state index contributed by atoms with van der Waals surface area (Å²) in [6.07, 6.45) is 1.85. The third-order valence-corrected chi connectivity index (χ3v) is 4.29. The van der Waals surface area contributed by atoms with Crippen molar-refractivity contribution in [2.45, 2.75) is 45.7 Å². The third kappa shape index (κ3) is 5.02. The predicted molar refractivity (Wildman–Crippen MR) is 96.3 cm³/mol. The van der Waals surface area contributed by atoms with Gasteiger partial charge in [0.2, 0.25) is 0 Å². The number of rotatable bonds is 6. The van der Waals surface area contributed by atoms with E-state index in [-0.39, 0.29) is 11.9 Å². The van der Waals surface area contributed by atoms with E-state index in [4.69, 9.17) is 21.1 Å². The minimum absolute atomic E-state index is 0.135. The average molecular weight is 355 g/mol. The van der Waals surface area contributed by atoms with Crippen molar-refractivity contribution in [1.29, 1.82) is 0 Å². The van der Waals surface area contributed by atoms with Gasteiger partial charge in [0.25, 0.3) is 5.91 Å². The molecular weight excluding hydrogens is 328 g/mol. The van der Waals surface area contributed by atoms with Crippen LogP contribution in [0.5, 0.6) is 11.5 Å². The molecule has 0 aliphatic carbocycles. The van der Waals surface area contributed by atoms with Gasteiger partial charge in [0.05, 0.1) is 18.7 Å². The van der Waals surface area contributed by atoms with Crippen molar-refractivity contribution < 1.29 is 14.3 Å². The molecule has 5 nitrogen and oxygen atoms in total. The van der Waals surface area contributed by atoms with Gasteiger partial charge < -0.3 is 20.1 Å². The standard InChI is InChI=1S/C18H27ClN2O3/c1-11(2)10-24-17-15(19)8-13(9-16(17)23-4)18(22)21-14-5-6-20-12(3)7-14/h8-9,11-12,14,20H,5-7,10H2,1-4H3,(H,21,22). The number of hydrogen-bond acceptors (Lipinski definition) is 4. The van der Waals surface area contributed by atoms with Crippen molar-refractivity contribution in [3.63, 3.8) is 0 Å². The Bertz CT molecular complexity index is 578. The Morgan fingerprint density at radius 1 is 1.46 bits per heavy atom. The monoisotopic (exact) mass is 354 g/mol. The van der Waals surface area contributed by atoms with Crippen LogP contribution in [0.2, 0.25) is 5.02 Å². The Kier molecular flexibility index (Phi) is 6.75. The molecular formula is C18H27ClN2O3. The Labute approximate surface area is 149 Å². The zero-order valence-electron chi connectivity index (χ0n) is 14.8. The van der Waals surface area contributed by atoms with Gasteiger partial charge in [-0.25, -0.2) is 0 Å². The van der Waals surface area contributed by atoms with E-state index in [0.717, 1.165) is 19.4 Å².